The van der Waals surface area contributed by atoms with Crippen LogP contribution in [-0.2, 0) is 6.18 Å². The number of alkyl halides is 3. The average molecular weight is 285 g/mol. The fourth-order valence-corrected chi connectivity index (χ4v) is 1.75. The molecule has 0 saturated heterocycles. The molecule has 0 saturated carbocycles. The van der Waals surface area contributed by atoms with Gasteiger partial charge in [0.25, 0.3) is 0 Å². The Morgan fingerprint density at radius 1 is 1.30 bits per heavy atom. The Balaban J connectivity index is 2.28. The van der Waals surface area contributed by atoms with E-state index in [0.29, 0.717) is 5.89 Å². The Morgan fingerprint density at radius 2 is 2.05 bits per heavy atom. The molecule has 0 fully saturated rings. The van der Waals surface area contributed by atoms with E-state index in [4.69, 9.17) is 4.42 Å². The van der Waals surface area contributed by atoms with Crippen LogP contribution >= 0.6 is 0 Å². The van der Waals surface area contributed by atoms with E-state index in [-0.39, 0.29) is 17.5 Å². The van der Waals surface area contributed by atoms with Crippen molar-refractivity contribution in [3.63, 3.8) is 0 Å². The van der Waals surface area contributed by atoms with E-state index in [0.717, 1.165) is 18.7 Å². The van der Waals surface area contributed by atoms with Gasteiger partial charge in [-0.3, -0.25) is 0 Å². The second-order valence-electron chi connectivity index (χ2n) is 4.30. The molecule has 1 aromatic heterocycles. The summed E-state index contributed by atoms with van der Waals surface area (Å²) in [5.41, 5.74) is -0.489. The average Bonchev–Trinajstić information content (AvgIpc) is 2.88. The number of halogens is 3. The zero-order valence-corrected chi connectivity index (χ0v) is 11.0. The molecule has 0 amide bonds. The van der Waals surface area contributed by atoms with E-state index >= 15 is 0 Å². The highest BCUT2D eigenvalue weighted by atomic mass is 19.4. The van der Waals surface area contributed by atoms with Crippen LogP contribution in [0.15, 0.2) is 28.7 Å². The van der Waals surface area contributed by atoms with E-state index in [1.54, 1.807) is 0 Å². The van der Waals surface area contributed by atoms with Crippen LogP contribution in [0, 0.1) is 0 Å². The fraction of sp³-hybridized carbons (Fsp3) is 0.385. The lowest BCUT2D eigenvalue weighted by Gasteiger charge is -2.07. The molecule has 2 aromatic rings. The molecular weight excluding hydrogens is 271 g/mol. The van der Waals surface area contributed by atoms with Gasteiger partial charge in [-0.2, -0.15) is 13.2 Å². The van der Waals surface area contributed by atoms with E-state index in [9.17, 15) is 13.2 Å². The van der Waals surface area contributed by atoms with Crippen molar-refractivity contribution >= 4 is 0 Å². The molecule has 0 aliphatic heterocycles. The molecule has 1 heterocycles. The molecule has 108 valence electrons. The minimum Gasteiger partial charge on any atom is -0.419 e. The van der Waals surface area contributed by atoms with Crippen molar-refractivity contribution in [2.75, 3.05) is 6.54 Å². The van der Waals surface area contributed by atoms with Crippen LogP contribution in [0.4, 0.5) is 13.2 Å². The summed E-state index contributed by atoms with van der Waals surface area (Å²) >= 11 is 0. The maximum absolute atomic E-state index is 12.6. The molecule has 4 nitrogen and oxygen atoms in total. The molecule has 0 spiro atoms. The van der Waals surface area contributed by atoms with Crippen LogP contribution in [0.1, 0.15) is 31.3 Å². The van der Waals surface area contributed by atoms with Crippen molar-refractivity contribution in [3.05, 3.63) is 35.7 Å². The third-order valence-electron chi connectivity index (χ3n) is 2.76. The molecule has 0 aliphatic carbocycles. The topological polar surface area (TPSA) is 51.0 Å². The van der Waals surface area contributed by atoms with Crippen LogP contribution in [0.3, 0.4) is 0 Å². The number of rotatable bonds is 4. The van der Waals surface area contributed by atoms with E-state index in [2.05, 4.69) is 15.5 Å². The first kappa shape index (κ1) is 14.5. The van der Waals surface area contributed by atoms with Crippen molar-refractivity contribution in [1.29, 1.82) is 0 Å². The number of hydrogen-bond acceptors (Lipinski definition) is 4. The van der Waals surface area contributed by atoms with Crippen LogP contribution in [0.25, 0.3) is 11.5 Å². The van der Waals surface area contributed by atoms with Gasteiger partial charge >= 0.3 is 6.18 Å². The largest absolute Gasteiger partial charge is 0.419 e. The summed E-state index contributed by atoms with van der Waals surface area (Å²) in [5.74, 6) is 0.426. The lowest BCUT2D eigenvalue weighted by atomic mass is 10.1. The van der Waals surface area contributed by atoms with Gasteiger partial charge in [0.15, 0.2) is 0 Å². The first-order valence-electron chi connectivity index (χ1n) is 6.16. The highest BCUT2D eigenvalue weighted by molar-refractivity contribution is 5.54. The summed E-state index contributed by atoms with van der Waals surface area (Å²) in [7, 11) is 0. The minimum absolute atomic E-state index is 0.0795. The number of nitrogens with one attached hydrogen (secondary N) is 1. The van der Waals surface area contributed by atoms with Gasteiger partial charge in [-0.25, -0.2) is 0 Å². The van der Waals surface area contributed by atoms with Gasteiger partial charge in [0.1, 0.15) is 0 Å². The summed E-state index contributed by atoms with van der Waals surface area (Å²) in [5, 5.41) is 10.7. The van der Waals surface area contributed by atoms with Crippen LogP contribution in [0.2, 0.25) is 0 Å². The van der Waals surface area contributed by atoms with Crippen LogP contribution in [-0.4, -0.2) is 16.7 Å². The van der Waals surface area contributed by atoms with E-state index in [1.165, 1.54) is 12.1 Å². The number of hydrogen-bond donors (Lipinski definition) is 1. The molecule has 1 N–H and O–H groups in total. The second kappa shape index (κ2) is 5.62. The fourth-order valence-electron chi connectivity index (χ4n) is 1.75. The van der Waals surface area contributed by atoms with Crippen molar-refractivity contribution < 1.29 is 17.6 Å². The third-order valence-corrected chi connectivity index (χ3v) is 2.76. The maximum Gasteiger partial charge on any atom is 0.416 e. The van der Waals surface area contributed by atoms with Crippen molar-refractivity contribution in [1.82, 2.24) is 15.5 Å². The molecule has 1 unspecified atom stereocenters. The molecule has 0 radical (unpaired) electrons. The van der Waals surface area contributed by atoms with Crippen molar-refractivity contribution in [3.8, 4) is 11.5 Å². The summed E-state index contributed by atoms with van der Waals surface area (Å²) in [4.78, 5) is 0. The maximum atomic E-state index is 12.6. The van der Waals surface area contributed by atoms with Gasteiger partial charge in [0, 0.05) is 5.56 Å². The SMILES string of the molecule is CCNC(C)c1nnc(-c2cccc(C(F)(F)F)c2)o1. The summed E-state index contributed by atoms with van der Waals surface area (Å²) < 4.78 is 43.3. The van der Waals surface area contributed by atoms with Crippen LogP contribution < -0.4 is 5.32 Å². The molecule has 1 atom stereocenters. The lowest BCUT2D eigenvalue weighted by Crippen LogP contribution is -2.17. The van der Waals surface area contributed by atoms with E-state index < -0.39 is 11.7 Å². The molecule has 20 heavy (non-hydrogen) atoms. The first-order valence-corrected chi connectivity index (χ1v) is 6.16. The second-order valence-corrected chi connectivity index (χ2v) is 4.30. The molecule has 1 aromatic carbocycles. The molecular formula is C13H14F3N3O. The quantitative estimate of drug-likeness (QED) is 0.935. The van der Waals surface area contributed by atoms with Gasteiger partial charge in [-0.15, -0.1) is 10.2 Å². The molecule has 2 rings (SSSR count). The monoisotopic (exact) mass is 285 g/mol. The molecule has 0 bridgehead atoms. The highest BCUT2D eigenvalue weighted by Gasteiger charge is 2.30. The Morgan fingerprint density at radius 3 is 2.70 bits per heavy atom. The predicted octanol–water partition coefficient (Wildman–Crippen LogP) is 3.43. The standard InChI is InChI=1S/C13H14F3N3O/c1-3-17-8(2)11-18-19-12(20-11)9-5-4-6-10(7-9)13(14,15)16/h4-8,17H,3H2,1-2H3. The predicted molar refractivity (Wildman–Crippen MR) is 66.8 cm³/mol. The zero-order valence-electron chi connectivity index (χ0n) is 11.0. The van der Waals surface area contributed by atoms with Gasteiger partial charge in [-0.1, -0.05) is 13.0 Å². The third kappa shape index (κ3) is 3.16. The van der Waals surface area contributed by atoms with Gasteiger partial charge < -0.3 is 9.73 Å². The smallest absolute Gasteiger partial charge is 0.416 e. The zero-order chi connectivity index (χ0) is 14.8. The highest BCUT2D eigenvalue weighted by Crippen LogP contribution is 2.32. The van der Waals surface area contributed by atoms with Gasteiger partial charge in [0.05, 0.1) is 11.6 Å². The molecule has 7 heteroatoms. The van der Waals surface area contributed by atoms with Gasteiger partial charge in [0.2, 0.25) is 11.8 Å². The Bertz CT molecular complexity index is 580. The van der Waals surface area contributed by atoms with Crippen molar-refractivity contribution in [2.24, 2.45) is 0 Å². The summed E-state index contributed by atoms with van der Waals surface area (Å²) in [6.45, 7) is 4.50. The normalized spacial score (nSPS) is 13.4. The molecule has 0 aliphatic rings. The number of benzene rings is 1. The summed E-state index contributed by atoms with van der Waals surface area (Å²) in [6, 6.07) is 4.67. The van der Waals surface area contributed by atoms with Gasteiger partial charge in [-0.05, 0) is 31.7 Å². The van der Waals surface area contributed by atoms with E-state index in [1.807, 2.05) is 13.8 Å². The summed E-state index contributed by atoms with van der Waals surface area (Å²) in [6.07, 6.45) is -4.39. The number of nitrogens with zero attached hydrogens (tertiary/aromatic N) is 2. The van der Waals surface area contributed by atoms with Crippen LogP contribution in [0.5, 0.6) is 0 Å². The number of aromatic nitrogens is 2. The van der Waals surface area contributed by atoms with Crippen molar-refractivity contribution in [2.45, 2.75) is 26.1 Å². The Hall–Kier alpha value is -1.89. The first-order chi connectivity index (χ1) is 9.41. The minimum atomic E-state index is -4.39. The lowest BCUT2D eigenvalue weighted by molar-refractivity contribution is -0.137. The Labute approximate surface area is 114 Å². The Kier molecular flexibility index (Phi) is 4.08.